The molecule has 13 heavy (non-hydrogen) atoms. The van der Waals surface area contributed by atoms with E-state index in [0.29, 0.717) is 0 Å². The van der Waals surface area contributed by atoms with E-state index < -0.39 is 0 Å². The quantitative estimate of drug-likeness (QED) is 0.693. The van der Waals surface area contributed by atoms with E-state index in [1.165, 1.54) is 11.1 Å². The van der Waals surface area contributed by atoms with Crippen LogP contribution in [0.25, 0.3) is 5.57 Å². The zero-order valence-electron chi connectivity index (χ0n) is 7.83. The number of hydrogen-bond donors (Lipinski definition) is 1. The van der Waals surface area contributed by atoms with Crippen LogP contribution in [0.3, 0.4) is 0 Å². The second kappa shape index (κ2) is 3.35. The molecule has 0 heterocycles. The molecule has 0 aromatic heterocycles. The van der Waals surface area contributed by atoms with Crippen LogP contribution in [0, 0.1) is 0 Å². The number of fused-ring (bicyclic) bond motifs is 1. The monoisotopic (exact) mass is 174 g/mol. The second-order valence-corrected chi connectivity index (χ2v) is 3.53. The third-order valence-electron chi connectivity index (χ3n) is 2.56. The molecule has 1 atom stereocenters. The molecule has 1 aliphatic carbocycles. The average Bonchev–Trinajstić information content (AvgIpc) is 2.17. The maximum atomic E-state index is 9.56. The molecule has 0 bridgehead atoms. The van der Waals surface area contributed by atoms with Gasteiger partial charge in [-0.15, -0.1) is 0 Å². The molecule has 1 heteroatoms. The second-order valence-electron chi connectivity index (χ2n) is 3.53. The fraction of sp³-hybridized carbons (Fsp3) is 0.333. The van der Waals surface area contributed by atoms with Crippen molar-refractivity contribution in [3.05, 3.63) is 41.5 Å². The Morgan fingerprint density at radius 2 is 2.08 bits per heavy atom. The average molecular weight is 174 g/mol. The Hall–Kier alpha value is -1.08. The van der Waals surface area contributed by atoms with Crippen LogP contribution >= 0.6 is 0 Å². The lowest BCUT2D eigenvalue weighted by Gasteiger charge is -2.19. The van der Waals surface area contributed by atoms with Gasteiger partial charge in [-0.1, -0.05) is 30.3 Å². The summed E-state index contributed by atoms with van der Waals surface area (Å²) in [5.41, 5.74) is 3.67. The molecule has 1 nitrogen and oxygen atoms in total. The SMILES string of the molecule is C[C@H](O)C1=CCCc2ccccc21. The minimum Gasteiger partial charge on any atom is -0.389 e. The van der Waals surface area contributed by atoms with Gasteiger partial charge in [0.15, 0.2) is 0 Å². The zero-order valence-corrected chi connectivity index (χ0v) is 7.83. The summed E-state index contributed by atoms with van der Waals surface area (Å²) in [7, 11) is 0. The molecule has 0 radical (unpaired) electrons. The van der Waals surface area contributed by atoms with E-state index in [9.17, 15) is 5.11 Å². The van der Waals surface area contributed by atoms with E-state index in [4.69, 9.17) is 0 Å². The van der Waals surface area contributed by atoms with Gasteiger partial charge in [0, 0.05) is 0 Å². The summed E-state index contributed by atoms with van der Waals surface area (Å²) in [5, 5.41) is 9.56. The van der Waals surface area contributed by atoms with Crippen LogP contribution in [0.4, 0.5) is 0 Å². The lowest BCUT2D eigenvalue weighted by Crippen LogP contribution is -2.09. The van der Waals surface area contributed by atoms with Gasteiger partial charge in [-0.05, 0) is 36.5 Å². The fourth-order valence-corrected chi connectivity index (χ4v) is 1.91. The molecule has 0 unspecified atom stereocenters. The number of rotatable bonds is 1. The summed E-state index contributed by atoms with van der Waals surface area (Å²) in [6, 6.07) is 8.32. The molecule has 1 aliphatic rings. The Bertz CT molecular complexity index is 337. The predicted molar refractivity (Wildman–Crippen MR) is 54.4 cm³/mol. The van der Waals surface area contributed by atoms with Crippen molar-refractivity contribution in [2.45, 2.75) is 25.9 Å². The van der Waals surface area contributed by atoms with E-state index >= 15 is 0 Å². The van der Waals surface area contributed by atoms with Gasteiger partial charge in [0.2, 0.25) is 0 Å². The highest BCUT2D eigenvalue weighted by molar-refractivity contribution is 5.72. The van der Waals surface area contributed by atoms with Gasteiger partial charge < -0.3 is 5.11 Å². The Labute approximate surface area is 78.7 Å². The Morgan fingerprint density at radius 3 is 2.85 bits per heavy atom. The molecule has 0 spiro atoms. The predicted octanol–water partition coefficient (Wildman–Crippen LogP) is 2.40. The molecule has 0 aliphatic heterocycles. The molecular formula is C12H14O. The van der Waals surface area contributed by atoms with Crippen molar-refractivity contribution in [3.8, 4) is 0 Å². The first-order valence-electron chi connectivity index (χ1n) is 4.75. The first-order chi connectivity index (χ1) is 6.29. The number of benzene rings is 1. The van der Waals surface area contributed by atoms with Crippen LogP contribution in [-0.2, 0) is 6.42 Å². The van der Waals surface area contributed by atoms with Crippen molar-refractivity contribution < 1.29 is 5.11 Å². The standard InChI is InChI=1S/C12H14O/c1-9(13)11-8-4-6-10-5-2-3-7-12(10)11/h2-3,5,7-9,13H,4,6H2,1H3/t9-/m0/s1. The number of hydrogen-bond acceptors (Lipinski definition) is 1. The molecule has 1 N–H and O–H groups in total. The molecular weight excluding hydrogens is 160 g/mol. The first kappa shape index (κ1) is 8.52. The molecule has 68 valence electrons. The van der Waals surface area contributed by atoms with Crippen LogP contribution < -0.4 is 0 Å². The smallest absolute Gasteiger partial charge is 0.0764 e. The van der Waals surface area contributed by atoms with Crippen molar-refractivity contribution in [1.29, 1.82) is 0 Å². The number of aliphatic hydroxyl groups excluding tert-OH is 1. The number of aliphatic hydroxyl groups is 1. The summed E-state index contributed by atoms with van der Waals surface area (Å²) in [6.45, 7) is 1.83. The van der Waals surface area contributed by atoms with Gasteiger partial charge in [-0.3, -0.25) is 0 Å². The van der Waals surface area contributed by atoms with E-state index in [1.54, 1.807) is 0 Å². The van der Waals surface area contributed by atoms with E-state index in [1.807, 2.05) is 13.0 Å². The van der Waals surface area contributed by atoms with Crippen molar-refractivity contribution in [3.63, 3.8) is 0 Å². The van der Waals surface area contributed by atoms with Crippen LogP contribution in [0.2, 0.25) is 0 Å². The molecule has 1 aromatic carbocycles. The molecule has 1 aromatic rings. The maximum absolute atomic E-state index is 9.56. The first-order valence-corrected chi connectivity index (χ1v) is 4.75. The maximum Gasteiger partial charge on any atom is 0.0764 e. The molecule has 2 rings (SSSR count). The van der Waals surface area contributed by atoms with E-state index in [0.717, 1.165) is 18.4 Å². The van der Waals surface area contributed by atoms with Crippen LogP contribution in [-0.4, -0.2) is 11.2 Å². The lowest BCUT2D eigenvalue weighted by molar-refractivity contribution is 0.252. The van der Waals surface area contributed by atoms with Gasteiger partial charge in [-0.2, -0.15) is 0 Å². The van der Waals surface area contributed by atoms with Crippen LogP contribution in [0.1, 0.15) is 24.5 Å². The molecule has 0 saturated heterocycles. The summed E-state index contributed by atoms with van der Waals surface area (Å²) in [6.07, 6.45) is 3.96. The van der Waals surface area contributed by atoms with Crippen molar-refractivity contribution in [2.75, 3.05) is 0 Å². The highest BCUT2D eigenvalue weighted by atomic mass is 16.3. The fourth-order valence-electron chi connectivity index (χ4n) is 1.91. The van der Waals surface area contributed by atoms with Gasteiger partial charge in [0.05, 0.1) is 6.10 Å². The Morgan fingerprint density at radius 1 is 1.31 bits per heavy atom. The number of allylic oxidation sites excluding steroid dienone is 1. The summed E-state index contributed by atoms with van der Waals surface area (Å²) in [5.74, 6) is 0. The minimum absolute atomic E-state index is 0.346. The van der Waals surface area contributed by atoms with E-state index in [2.05, 4.69) is 24.3 Å². The Balaban J connectivity index is 2.47. The zero-order chi connectivity index (χ0) is 9.26. The highest BCUT2D eigenvalue weighted by Crippen LogP contribution is 2.28. The third kappa shape index (κ3) is 1.52. The third-order valence-corrected chi connectivity index (χ3v) is 2.56. The Kier molecular flexibility index (Phi) is 2.19. The summed E-state index contributed by atoms with van der Waals surface area (Å²) in [4.78, 5) is 0. The van der Waals surface area contributed by atoms with Crippen molar-refractivity contribution in [2.24, 2.45) is 0 Å². The van der Waals surface area contributed by atoms with Gasteiger partial charge in [0.1, 0.15) is 0 Å². The minimum atomic E-state index is -0.346. The highest BCUT2D eigenvalue weighted by Gasteiger charge is 2.14. The lowest BCUT2D eigenvalue weighted by atomic mass is 9.88. The van der Waals surface area contributed by atoms with E-state index in [-0.39, 0.29) is 6.10 Å². The van der Waals surface area contributed by atoms with Crippen LogP contribution in [0.15, 0.2) is 30.3 Å². The van der Waals surface area contributed by atoms with Crippen molar-refractivity contribution in [1.82, 2.24) is 0 Å². The van der Waals surface area contributed by atoms with Crippen molar-refractivity contribution >= 4 is 5.57 Å². The summed E-state index contributed by atoms with van der Waals surface area (Å²) < 4.78 is 0. The van der Waals surface area contributed by atoms with Gasteiger partial charge >= 0.3 is 0 Å². The largest absolute Gasteiger partial charge is 0.389 e. The molecule has 0 amide bonds. The van der Waals surface area contributed by atoms with Gasteiger partial charge in [0.25, 0.3) is 0 Å². The van der Waals surface area contributed by atoms with Gasteiger partial charge in [-0.25, -0.2) is 0 Å². The molecule has 0 fully saturated rings. The molecule has 0 saturated carbocycles. The van der Waals surface area contributed by atoms with Crippen LogP contribution in [0.5, 0.6) is 0 Å². The normalized spacial score (nSPS) is 17.5. The summed E-state index contributed by atoms with van der Waals surface area (Å²) >= 11 is 0. The topological polar surface area (TPSA) is 20.2 Å². The number of aryl methyl sites for hydroxylation is 1.